The maximum atomic E-state index is 11.0. The van der Waals surface area contributed by atoms with Crippen molar-refractivity contribution in [1.82, 2.24) is 4.98 Å². The molecule has 0 radical (unpaired) electrons. The Labute approximate surface area is 88.6 Å². The van der Waals surface area contributed by atoms with Gasteiger partial charge in [0.2, 0.25) is 0 Å². The fourth-order valence-electron chi connectivity index (χ4n) is 1.09. The molecule has 0 fully saturated rings. The van der Waals surface area contributed by atoms with Gasteiger partial charge in [-0.15, -0.1) is 12.6 Å². The molecule has 14 heavy (non-hydrogen) atoms. The van der Waals surface area contributed by atoms with Gasteiger partial charge in [-0.25, -0.2) is 0 Å². The molecule has 0 saturated heterocycles. The number of aliphatic hydroxyl groups excluding tert-OH is 1. The first-order valence-electron chi connectivity index (χ1n) is 3.82. The van der Waals surface area contributed by atoms with Crippen LogP contribution in [-0.4, -0.2) is 10.1 Å². The highest BCUT2D eigenvalue weighted by molar-refractivity contribution is 7.80. The van der Waals surface area contributed by atoms with Crippen LogP contribution in [0.5, 0.6) is 0 Å². The molecule has 2 heterocycles. The molecule has 2 aromatic heterocycles. The molecule has 2 N–H and O–H groups in total. The maximum absolute atomic E-state index is 11.0. The zero-order chi connectivity index (χ0) is 10.1. The molecule has 0 aromatic carbocycles. The van der Waals surface area contributed by atoms with Crippen molar-refractivity contribution in [3.8, 4) is 0 Å². The molecular weight excluding hydrogens is 222 g/mol. The van der Waals surface area contributed by atoms with Crippen LogP contribution in [0.25, 0.3) is 0 Å². The lowest BCUT2D eigenvalue weighted by molar-refractivity contribution is 0.190. The van der Waals surface area contributed by atoms with Crippen molar-refractivity contribution in [2.24, 2.45) is 0 Å². The van der Waals surface area contributed by atoms with Gasteiger partial charge in [-0.1, -0.05) is 11.3 Å². The molecule has 0 aliphatic carbocycles. The molecule has 0 aliphatic heterocycles. The molecule has 1 unspecified atom stereocenters. The number of aromatic amines is 1. The highest BCUT2D eigenvalue weighted by Gasteiger charge is 2.18. The highest BCUT2D eigenvalue weighted by Crippen LogP contribution is 2.28. The Morgan fingerprint density at radius 2 is 2.43 bits per heavy atom. The van der Waals surface area contributed by atoms with E-state index in [2.05, 4.69) is 17.6 Å². The van der Waals surface area contributed by atoms with Crippen molar-refractivity contribution in [1.29, 1.82) is 0 Å². The highest BCUT2D eigenvalue weighted by atomic mass is 32.1. The minimum atomic E-state index is -0.929. The van der Waals surface area contributed by atoms with E-state index < -0.39 is 6.10 Å². The van der Waals surface area contributed by atoms with Crippen LogP contribution >= 0.6 is 24.0 Å². The first-order chi connectivity index (χ1) is 6.68. The van der Waals surface area contributed by atoms with Crippen molar-refractivity contribution < 1.29 is 9.52 Å². The van der Waals surface area contributed by atoms with Gasteiger partial charge >= 0.3 is 4.87 Å². The summed E-state index contributed by atoms with van der Waals surface area (Å²) in [4.78, 5) is 13.7. The summed E-state index contributed by atoms with van der Waals surface area (Å²) in [7, 11) is 0. The average molecular weight is 229 g/mol. The number of hydrogen-bond acceptors (Lipinski definition) is 5. The number of thiazole rings is 1. The summed E-state index contributed by atoms with van der Waals surface area (Å²) in [6.07, 6.45) is 0.535. The molecule has 2 aromatic rings. The molecule has 6 heteroatoms. The van der Waals surface area contributed by atoms with Gasteiger partial charge in [-0.2, -0.15) is 0 Å². The molecule has 0 amide bonds. The average Bonchev–Trinajstić information content (AvgIpc) is 2.73. The van der Waals surface area contributed by atoms with Crippen molar-refractivity contribution >= 4 is 24.0 Å². The summed E-state index contributed by atoms with van der Waals surface area (Å²) >= 11 is 4.97. The Morgan fingerprint density at radius 3 is 2.93 bits per heavy atom. The van der Waals surface area contributed by atoms with Crippen LogP contribution in [0.3, 0.4) is 0 Å². The number of aliphatic hydroxyl groups is 1. The number of nitrogens with one attached hydrogen (secondary N) is 1. The van der Waals surface area contributed by atoms with Crippen LogP contribution in [0.1, 0.15) is 16.7 Å². The summed E-state index contributed by atoms with van der Waals surface area (Å²) in [6.45, 7) is 0. The van der Waals surface area contributed by atoms with Crippen molar-refractivity contribution in [3.63, 3.8) is 0 Å². The number of rotatable bonds is 2. The fraction of sp³-hybridized carbons (Fsp3) is 0.125. The van der Waals surface area contributed by atoms with Crippen LogP contribution in [-0.2, 0) is 0 Å². The quantitative estimate of drug-likeness (QED) is 0.682. The van der Waals surface area contributed by atoms with Gasteiger partial charge < -0.3 is 14.5 Å². The van der Waals surface area contributed by atoms with Gasteiger partial charge in [-0.05, 0) is 12.1 Å². The molecule has 0 bridgehead atoms. The predicted molar refractivity (Wildman–Crippen MR) is 55.0 cm³/mol. The third kappa shape index (κ3) is 1.63. The Kier molecular flexibility index (Phi) is 2.49. The lowest BCUT2D eigenvalue weighted by Crippen LogP contribution is -1.95. The zero-order valence-electron chi connectivity index (χ0n) is 6.93. The second-order valence-electron chi connectivity index (χ2n) is 2.65. The Balaban J connectivity index is 2.41. The van der Waals surface area contributed by atoms with Crippen molar-refractivity contribution in [3.05, 3.63) is 38.7 Å². The number of H-pyrrole nitrogens is 1. The van der Waals surface area contributed by atoms with Crippen LogP contribution in [0.2, 0.25) is 0 Å². The minimum absolute atomic E-state index is 0.240. The SMILES string of the molecule is O=c1[nH]c(S)c(C(O)c2ccco2)s1. The third-order valence-corrected chi connectivity index (χ3v) is 3.16. The van der Waals surface area contributed by atoms with E-state index in [4.69, 9.17) is 4.42 Å². The first-order valence-corrected chi connectivity index (χ1v) is 5.08. The normalized spacial score (nSPS) is 13.0. The molecular formula is C8H7NO3S2. The first kappa shape index (κ1) is 9.57. The van der Waals surface area contributed by atoms with Crippen LogP contribution < -0.4 is 4.87 Å². The Bertz CT molecular complexity index is 471. The second kappa shape index (κ2) is 3.64. The monoisotopic (exact) mass is 229 g/mol. The Hall–Kier alpha value is -0.980. The van der Waals surface area contributed by atoms with Gasteiger partial charge in [-0.3, -0.25) is 4.79 Å². The Morgan fingerprint density at radius 1 is 1.64 bits per heavy atom. The number of thiol groups is 1. The topological polar surface area (TPSA) is 66.2 Å². The van der Waals surface area contributed by atoms with E-state index in [0.717, 1.165) is 11.3 Å². The molecule has 1 atom stereocenters. The molecule has 74 valence electrons. The van der Waals surface area contributed by atoms with Crippen molar-refractivity contribution in [2.75, 3.05) is 0 Å². The third-order valence-electron chi connectivity index (χ3n) is 1.72. The largest absolute Gasteiger partial charge is 0.466 e. The van der Waals surface area contributed by atoms with Crippen LogP contribution in [0.4, 0.5) is 0 Å². The van der Waals surface area contributed by atoms with Crippen LogP contribution in [0, 0.1) is 0 Å². The minimum Gasteiger partial charge on any atom is -0.466 e. The predicted octanol–water partition coefficient (Wildman–Crippen LogP) is 1.40. The van der Waals surface area contributed by atoms with Gasteiger partial charge in [0, 0.05) is 0 Å². The van der Waals surface area contributed by atoms with Gasteiger partial charge in [0.25, 0.3) is 0 Å². The standard InChI is InChI=1S/C8H7NO3S2/c10-5(4-2-1-3-12-4)6-7(13)9-8(11)14-6/h1-3,5,10,13H,(H,9,11). The summed E-state index contributed by atoms with van der Waals surface area (Å²) in [5.74, 6) is 0.399. The number of aromatic nitrogens is 1. The van der Waals surface area contributed by atoms with E-state index >= 15 is 0 Å². The molecule has 0 aliphatic rings. The van der Waals surface area contributed by atoms with Crippen LogP contribution in [0.15, 0.2) is 32.6 Å². The zero-order valence-corrected chi connectivity index (χ0v) is 8.64. The fourth-order valence-corrected chi connectivity index (χ4v) is 2.26. The van der Waals surface area contributed by atoms with Gasteiger partial charge in [0.15, 0.2) is 0 Å². The summed E-state index contributed by atoms with van der Waals surface area (Å²) in [5.41, 5.74) is 0. The lowest BCUT2D eigenvalue weighted by atomic mass is 10.2. The van der Waals surface area contributed by atoms with Gasteiger partial charge in [0.05, 0.1) is 16.2 Å². The molecule has 2 rings (SSSR count). The van der Waals surface area contributed by atoms with E-state index in [1.165, 1.54) is 6.26 Å². The summed E-state index contributed by atoms with van der Waals surface area (Å²) < 4.78 is 5.02. The smallest absolute Gasteiger partial charge is 0.305 e. The van der Waals surface area contributed by atoms with E-state index in [1.54, 1.807) is 12.1 Å². The maximum Gasteiger partial charge on any atom is 0.305 e. The summed E-state index contributed by atoms with van der Waals surface area (Å²) in [6, 6.07) is 3.31. The van der Waals surface area contributed by atoms with E-state index in [1.807, 2.05) is 0 Å². The number of hydrogen-bond donors (Lipinski definition) is 3. The van der Waals surface area contributed by atoms with Gasteiger partial charge in [0.1, 0.15) is 11.9 Å². The second-order valence-corrected chi connectivity index (χ2v) is 4.11. The van der Waals surface area contributed by atoms with E-state index in [9.17, 15) is 9.90 Å². The molecule has 4 nitrogen and oxygen atoms in total. The number of furan rings is 1. The van der Waals surface area contributed by atoms with E-state index in [0.29, 0.717) is 15.7 Å². The molecule has 0 spiro atoms. The summed E-state index contributed by atoms with van der Waals surface area (Å²) in [5, 5.41) is 10.2. The lowest BCUT2D eigenvalue weighted by Gasteiger charge is -2.04. The van der Waals surface area contributed by atoms with E-state index in [-0.39, 0.29) is 4.87 Å². The van der Waals surface area contributed by atoms with Crippen molar-refractivity contribution in [2.45, 2.75) is 11.1 Å². The molecule has 0 saturated carbocycles.